The molecule has 0 aliphatic carbocycles. The topological polar surface area (TPSA) is 67.2 Å². The zero-order valence-electron chi connectivity index (χ0n) is 17.9. The molecular formula is C23H28N4O2S. The minimum Gasteiger partial charge on any atom is -0.378 e. The lowest BCUT2D eigenvalue weighted by Gasteiger charge is -2.17. The summed E-state index contributed by atoms with van der Waals surface area (Å²) in [6.07, 6.45) is 1.86. The van der Waals surface area contributed by atoms with Gasteiger partial charge in [-0.05, 0) is 49.7 Å². The van der Waals surface area contributed by atoms with Crippen molar-refractivity contribution in [3.8, 4) is 0 Å². The molecule has 0 aliphatic rings. The Labute approximate surface area is 181 Å². The van der Waals surface area contributed by atoms with Gasteiger partial charge in [0.1, 0.15) is 0 Å². The molecule has 0 radical (unpaired) electrons. The van der Waals surface area contributed by atoms with Crippen LogP contribution in [0, 0.1) is 0 Å². The lowest BCUT2D eigenvalue weighted by Crippen LogP contribution is -2.27. The number of fused-ring (bicyclic) bond motifs is 1. The fraction of sp³-hybridized carbons (Fsp3) is 0.348. The van der Waals surface area contributed by atoms with Gasteiger partial charge >= 0.3 is 0 Å². The average molecular weight is 425 g/mol. The lowest BCUT2D eigenvalue weighted by atomic mass is 10.2. The molecule has 1 amide bonds. The Kier molecular flexibility index (Phi) is 7.15. The van der Waals surface area contributed by atoms with Crippen molar-refractivity contribution in [3.63, 3.8) is 0 Å². The third-order valence-electron chi connectivity index (χ3n) is 4.86. The van der Waals surface area contributed by atoms with E-state index in [1.54, 1.807) is 10.6 Å². The Morgan fingerprint density at radius 2 is 1.87 bits per heavy atom. The second kappa shape index (κ2) is 9.80. The van der Waals surface area contributed by atoms with E-state index < -0.39 is 5.25 Å². The SMILES string of the molecule is CCCCn1c(SC(C)C(=O)Nc2ccc(N(C)C)cc2)nc2ccccc2c1=O. The van der Waals surface area contributed by atoms with E-state index in [9.17, 15) is 9.59 Å². The molecule has 0 saturated heterocycles. The predicted octanol–water partition coefficient (Wildman–Crippen LogP) is 4.38. The number of hydrogen-bond acceptors (Lipinski definition) is 5. The quantitative estimate of drug-likeness (QED) is 0.429. The molecule has 0 spiro atoms. The van der Waals surface area contributed by atoms with Gasteiger partial charge in [-0.25, -0.2) is 4.98 Å². The van der Waals surface area contributed by atoms with Crippen molar-refractivity contribution in [2.75, 3.05) is 24.3 Å². The number of para-hydroxylation sites is 1. The molecule has 0 saturated carbocycles. The van der Waals surface area contributed by atoms with Crippen LogP contribution in [0.4, 0.5) is 11.4 Å². The summed E-state index contributed by atoms with van der Waals surface area (Å²) in [5.74, 6) is -0.123. The van der Waals surface area contributed by atoms with Crippen LogP contribution < -0.4 is 15.8 Å². The van der Waals surface area contributed by atoms with Crippen molar-refractivity contribution in [2.24, 2.45) is 0 Å². The number of amides is 1. The Balaban J connectivity index is 1.81. The first-order valence-electron chi connectivity index (χ1n) is 10.1. The standard InChI is InChI=1S/C23H28N4O2S/c1-5-6-15-27-22(29)19-9-7-8-10-20(19)25-23(27)30-16(2)21(28)24-17-11-13-18(14-12-17)26(3)4/h7-14,16H,5-6,15H2,1-4H3,(H,24,28). The Bertz CT molecular complexity index is 1080. The van der Waals surface area contributed by atoms with Gasteiger partial charge in [0.05, 0.1) is 16.2 Å². The largest absolute Gasteiger partial charge is 0.378 e. The maximum atomic E-state index is 13.0. The van der Waals surface area contributed by atoms with Crippen LogP contribution in [-0.4, -0.2) is 34.8 Å². The highest BCUT2D eigenvalue weighted by Gasteiger charge is 2.19. The molecule has 1 aromatic heterocycles. The second-order valence-electron chi connectivity index (χ2n) is 7.41. The Morgan fingerprint density at radius 3 is 2.53 bits per heavy atom. The number of carbonyl (C=O) groups excluding carboxylic acids is 1. The molecule has 3 rings (SSSR count). The van der Waals surface area contributed by atoms with Crippen LogP contribution >= 0.6 is 11.8 Å². The Hall–Kier alpha value is -2.80. The molecule has 6 nitrogen and oxygen atoms in total. The molecule has 1 atom stereocenters. The Morgan fingerprint density at radius 1 is 1.17 bits per heavy atom. The molecule has 158 valence electrons. The van der Waals surface area contributed by atoms with Gasteiger partial charge in [0.2, 0.25) is 5.91 Å². The molecule has 0 aliphatic heterocycles. The molecule has 2 aromatic carbocycles. The van der Waals surface area contributed by atoms with E-state index in [-0.39, 0.29) is 11.5 Å². The zero-order valence-corrected chi connectivity index (χ0v) is 18.7. The first kappa shape index (κ1) is 21.9. The third-order valence-corrected chi connectivity index (χ3v) is 5.95. The maximum absolute atomic E-state index is 13.0. The monoisotopic (exact) mass is 424 g/mol. The van der Waals surface area contributed by atoms with Gasteiger partial charge in [-0.1, -0.05) is 37.2 Å². The van der Waals surface area contributed by atoms with Gasteiger partial charge in [-0.2, -0.15) is 0 Å². The van der Waals surface area contributed by atoms with Crippen LogP contribution in [-0.2, 0) is 11.3 Å². The summed E-state index contributed by atoms with van der Waals surface area (Å²) in [6.45, 7) is 4.51. The number of carbonyl (C=O) groups is 1. The number of nitrogens with zero attached hydrogens (tertiary/aromatic N) is 3. The minimum absolute atomic E-state index is 0.0524. The molecule has 1 N–H and O–H groups in total. The van der Waals surface area contributed by atoms with Crippen LogP contribution in [0.25, 0.3) is 10.9 Å². The summed E-state index contributed by atoms with van der Waals surface area (Å²) in [6, 6.07) is 15.0. The highest BCUT2D eigenvalue weighted by Crippen LogP contribution is 2.24. The molecule has 1 unspecified atom stereocenters. The van der Waals surface area contributed by atoms with Crippen molar-refractivity contribution < 1.29 is 4.79 Å². The van der Waals surface area contributed by atoms with Crippen LogP contribution in [0.5, 0.6) is 0 Å². The fourth-order valence-electron chi connectivity index (χ4n) is 3.05. The van der Waals surface area contributed by atoms with Gasteiger partial charge in [0, 0.05) is 32.0 Å². The second-order valence-corrected chi connectivity index (χ2v) is 8.72. The molecule has 0 fully saturated rings. The fourth-order valence-corrected chi connectivity index (χ4v) is 3.98. The molecule has 0 bridgehead atoms. The lowest BCUT2D eigenvalue weighted by molar-refractivity contribution is -0.115. The number of rotatable bonds is 8. The maximum Gasteiger partial charge on any atom is 0.262 e. The predicted molar refractivity (Wildman–Crippen MR) is 126 cm³/mol. The number of thioether (sulfide) groups is 1. The number of benzene rings is 2. The van der Waals surface area contributed by atoms with Gasteiger partial charge in [-0.3, -0.25) is 14.2 Å². The summed E-state index contributed by atoms with van der Waals surface area (Å²) in [4.78, 5) is 32.4. The number of nitrogens with one attached hydrogen (secondary N) is 1. The van der Waals surface area contributed by atoms with E-state index in [4.69, 9.17) is 0 Å². The number of hydrogen-bond donors (Lipinski definition) is 1. The zero-order chi connectivity index (χ0) is 21.7. The summed E-state index contributed by atoms with van der Waals surface area (Å²) < 4.78 is 1.70. The van der Waals surface area contributed by atoms with E-state index in [0.29, 0.717) is 22.6 Å². The van der Waals surface area contributed by atoms with Crippen LogP contribution in [0.3, 0.4) is 0 Å². The van der Waals surface area contributed by atoms with Gasteiger partial charge < -0.3 is 10.2 Å². The molecular weight excluding hydrogens is 396 g/mol. The highest BCUT2D eigenvalue weighted by atomic mass is 32.2. The first-order chi connectivity index (χ1) is 14.4. The summed E-state index contributed by atoms with van der Waals surface area (Å²) >= 11 is 1.32. The van der Waals surface area contributed by atoms with Gasteiger partial charge in [0.25, 0.3) is 5.56 Å². The first-order valence-corrected chi connectivity index (χ1v) is 11.0. The molecule has 1 heterocycles. The van der Waals surface area contributed by atoms with E-state index in [1.165, 1.54) is 11.8 Å². The summed E-state index contributed by atoms with van der Waals surface area (Å²) in [5.41, 5.74) is 2.41. The van der Waals surface area contributed by atoms with Crippen LogP contribution in [0.2, 0.25) is 0 Å². The van der Waals surface area contributed by atoms with Crippen molar-refractivity contribution in [1.29, 1.82) is 0 Å². The van der Waals surface area contributed by atoms with E-state index in [1.807, 2.05) is 68.4 Å². The molecule has 3 aromatic rings. The van der Waals surface area contributed by atoms with E-state index >= 15 is 0 Å². The summed E-state index contributed by atoms with van der Waals surface area (Å²) in [7, 11) is 3.95. The van der Waals surface area contributed by atoms with Crippen LogP contribution in [0.15, 0.2) is 58.5 Å². The van der Waals surface area contributed by atoms with Gasteiger partial charge in [0.15, 0.2) is 5.16 Å². The minimum atomic E-state index is -0.403. The smallest absolute Gasteiger partial charge is 0.262 e. The van der Waals surface area contributed by atoms with Crippen molar-refractivity contribution in [2.45, 2.75) is 43.6 Å². The van der Waals surface area contributed by atoms with Gasteiger partial charge in [-0.15, -0.1) is 0 Å². The van der Waals surface area contributed by atoms with Crippen LogP contribution in [0.1, 0.15) is 26.7 Å². The average Bonchev–Trinajstić information content (AvgIpc) is 2.74. The summed E-state index contributed by atoms with van der Waals surface area (Å²) in [5, 5.41) is 3.73. The number of aromatic nitrogens is 2. The normalized spacial score (nSPS) is 12.0. The third kappa shape index (κ3) is 5.02. The van der Waals surface area contributed by atoms with Crippen molar-refractivity contribution in [1.82, 2.24) is 9.55 Å². The van der Waals surface area contributed by atoms with E-state index in [2.05, 4.69) is 17.2 Å². The number of unbranched alkanes of at least 4 members (excludes halogenated alkanes) is 1. The van der Waals surface area contributed by atoms with Crippen molar-refractivity contribution in [3.05, 3.63) is 58.9 Å². The highest BCUT2D eigenvalue weighted by molar-refractivity contribution is 8.00. The molecule has 30 heavy (non-hydrogen) atoms. The van der Waals surface area contributed by atoms with Crippen molar-refractivity contribution >= 4 is 39.9 Å². The molecule has 7 heteroatoms. The van der Waals surface area contributed by atoms with E-state index in [0.717, 1.165) is 24.2 Å². The number of anilines is 2.